The zero-order valence-corrected chi connectivity index (χ0v) is 11.5. The first-order chi connectivity index (χ1) is 10.1. The maximum absolute atomic E-state index is 11.7. The summed E-state index contributed by atoms with van der Waals surface area (Å²) in [5.74, 6) is -0.563. The molecule has 1 amide bonds. The Morgan fingerprint density at radius 2 is 1.95 bits per heavy atom. The molecule has 0 saturated heterocycles. The summed E-state index contributed by atoms with van der Waals surface area (Å²) in [5.41, 5.74) is 4.19. The zero-order valence-electron chi connectivity index (χ0n) is 11.5. The molecule has 0 aliphatic heterocycles. The highest BCUT2D eigenvalue weighted by molar-refractivity contribution is 5.86. The van der Waals surface area contributed by atoms with Crippen LogP contribution < -0.4 is 5.43 Å². The van der Waals surface area contributed by atoms with Crippen LogP contribution in [-0.2, 0) is 4.79 Å². The third kappa shape index (κ3) is 3.90. The Labute approximate surface area is 122 Å². The summed E-state index contributed by atoms with van der Waals surface area (Å²) in [5, 5.41) is 23.2. The van der Waals surface area contributed by atoms with Crippen LogP contribution in [0.2, 0.25) is 0 Å². The van der Waals surface area contributed by atoms with Crippen molar-refractivity contribution in [1.29, 1.82) is 0 Å². The second kappa shape index (κ2) is 6.67. The van der Waals surface area contributed by atoms with Gasteiger partial charge in [0.2, 0.25) is 0 Å². The van der Waals surface area contributed by atoms with E-state index < -0.39 is 12.0 Å². The average molecular weight is 284 g/mol. The van der Waals surface area contributed by atoms with Gasteiger partial charge in [0.1, 0.15) is 5.75 Å². The fourth-order valence-electron chi connectivity index (χ4n) is 1.79. The number of nitrogens with zero attached hydrogens (tertiary/aromatic N) is 1. The minimum atomic E-state index is -1.28. The molecule has 0 aromatic heterocycles. The lowest BCUT2D eigenvalue weighted by molar-refractivity contribution is -0.129. The normalized spacial score (nSPS) is 12.3. The Bertz CT molecular complexity index is 654. The van der Waals surface area contributed by atoms with E-state index in [4.69, 9.17) is 0 Å². The molecule has 0 radical (unpaired) electrons. The second-order valence-corrected chi connectivity index (χ2v) is 4.61. The predicted octanol–water partition coefficient (Wildman–Crippen LogP) is 1.88. The number of aromatic hydroxyl groups is 1. The van der Waals surface area contributed by atoms with E-state index in [2.05, 4.69) is 10.5 Å². The number of hydrogen-bond acceptors (Lipinski definition) is 4. The Hall–Kier alpha value is -2.66. The number of aryl methyl sites for hydroxylation is 1. The van der Waals surface area contributed by atoms with Crippen LogP contribution in [0.5, 0.6) is 5.75 Å². The molecular weight excluding hydrogens is 268 g/mol. The molecule has 2 rings (SSSR count). The number of aliphatic hydroxyl groups excluding tert-OH is 1. The van der Waals surface area contributed by atoms with E-state index in [0.29, 0.717) is 11.1 Å². The summed E-state index contributed by atoms with van der Waals surface area (Å²) in [7, 11) is 0. The molecule has 0 aliphatic carbocycles. The third-order valence-corrected chi connectivity index (χ3v) is 2.93. The Kier molecular flexibility index (Phi) is 4.68. The standard InChI is InChI=1S/C16H16N2O3/c1-11-7-8-14(19)13(9-11)10-17-18-16(21)15(20)12-5-3-2-4-6-12/h2-10,15,19-20H,1H3,(H,18,21)/b17-10-/t15-/m1/s1. The highest BCUT2D eigenvalue weighted by Gasteiger charge is 2.15. The number of phenolic OH excluding ortho intramolecular Hbond substituents is 1. The van der Waals surface area contributed by atoms with Gasteiger partial charge in [-0.1, -0.05) is 42.0 Å². The van der Waals surface area contributed by atoms with Crippen LogP contribution in [0.3, 0.4) is 0 Å². The van der Waals surface area contributed by atoms with Gasteiger partial charge >= 0.3 is 0 Å². The van der Waals surface area contributed by atoms with Crippen LogP contribution >= 0.6 is 0 Å². The summed E-state index contributed by atoms with van der Waals surface area (Å²) in [6, 6.07) is 13.6. The molecule has 2 aromatic rings. The summed E-state index contributed by atoms with van der Waals surface area (Å²) in [4.78, 5) is 11.7. The van der Waals surface area contributed by atoms with Gasteiger partial charge in [-0.3, -0.25) is 4.79 Å². The van der Waals surface area contributed by atoms with Gasteiger partial charge in [0.25, 0.3) is 5.91 Å². The van der Waals surface area contributed by atoms with E-state index in [1.54, 1.807) is 48.5 Å². The van der Waals surface area contributed by atoms with Crippen LogP contribution in [0.1, 0.15) is 22.8 Å². The van der Waals surface area contributed by atoms with Crippen LogP contribution in [0.15, 0.2) is 53.6 Å². The average Bonchev–Trinajstić information content (AvgIpc) is 2.50. The van der Waals surface area contributed by atoms with Crippen molar-refractivity contribution in [2.45, 2.75) is 13.0 Å². The molecule has 21 heavy (non-hydrogen) atoms. The predicted molar refractivity (Wildman–Crippen MR) is 80.0 cm³/mol. The number of carbonyl (C=O) groups is 1. The quantitative estimate of drug-likeness (QED) is 0.592. The van der Waals surface area contributed by atoms with E-state index in [9.17, 15) is 15.0 Å². The number of amides is 1. The first kappa shape index (κ1) is 14.7. The summed E-state index contributed by atoms with van der Waals surface area (Å²) in [6.07, 6.45) is 0.0484. The number of rotatable bonds is 4. The third-order valence-electron chi connectivity index (χ3n) is 2.93. The highest BCUT2D eigenvalue weighted by atomic mass is 16.3. The number of hydrazone groups is 1. The van der Waals surface area contributed by atoms with Gasteiger partial charge in [-0.2, -0.15) is 5.10 Å². The topological polar surface area (TPSA) is 81.9 Å². The van der Waals surface area contributed by atoms with Crippen LogP contribution in [0.25, 0.3) is 0 Å². The SMILES string of the molecule is Cc1ccc(O)c(/C=N\NC(=O)[C@H](O)c2ccccc2)c1. The fraction of sp³-hybridized carbons (Fsp3) is 0.125. The fourth-order valence-corrected chi connectivity index (χ4v) is 1.79. The lowest BCUT2D eigenvalue weighted by atomic mass is 10.1. The van der Waals surface area contributed by atoms with Crippen molar-refractivity contribution in [2.24, 2.45) is 5.10 Å². The van der Waals surface area contributed by atoms with Crippen molar-refractivity contribution in [3.63, 3.8) is 0 Å². The number of carbonyl (C=O) groups excluding carboxylic acids is 1. The van der Waals surface area contributed by atoms with Gasteiger partial charge in [-0.25, -0.2) is 5.43 Å². The lowest BCUT2D eigenvalue weighted by Gasteiger charge is -2.08. The largest absolute Gasteiger partial charge is 0.507 e. The Morgan fingerprint density at radius 3 is 2.67 bits per heavy atom. The Morgan fingerprint density at radius 1 is 1.24 bits per heavy atom. The first-order valence-electron chi connectivity index (χ1n) is 6.43. The highest BCUT2D eigenvalue weighted by Crippen LogP contribution is 2.16. The zero-order chi connectivity index (χ0) is 15.2. The van der Waals surface area contributed by atoms with Crippen molar-refractivity contribution in [3.05, 3.63) is 65.2 Å². The van der Waals surface area contributed by atoms with Gasteiger partial charge in [0.05, 0.1) is 6.21 Å². The van der Waals surface area contributed by atoms with Gasteiger partial charge in [0, 0.05) is 5.56 Å². The number of aliphatic hydroxyl groups is 1. The number of benzene rings is 2. The van der Waals surface area contributed by atoms with Crippen molar-refractivity contribution in [2.75, 3.05) is 0 Å². The minimum absolute atomic E-state index is 0.0715. The molecule has 0 fully saturated rings. The van der Waals surface area contributed by atoms with E-state index in [0.717, 1.165) is 5.56 Å². The summed E-state index contributed by atoms with van der Waals surface area (Å²) in [6.45, 7) is 1.88. The molecule has 5 nitrogen and oxygen atoms in total. The maximum Gasteiger partial charge on any atom is 0.273 e. The molecule has 0 saturated carbocycles. The van der Waals surface area contributed by atoms with Gasteiger partial charge in [-0.15, -0.1) is 0 Å². The molecule has 2 aromatic carbocycles. The van der Waals surface area contributed by atoms with Gasteiger partial charge in [0.15, 0.2) is 6.10 Å². The van der Waals surface area contributed by atoms with Crippen molar-refractivity contribution in [3.8, 4) is 5.75 Å². The lowest BCUT2D eigenvalue weighted by Crippen LogP contribution is -2.25. The minimum Gasteiger partial charge on any atom is -0.507 e. The summed E-state index contributed by atoms with van der Waals surface area (Å²) >= 11 is 0. The van der Waals surface area contributed by atoms with Crippen LogP contribution in [0, 0.1) is 6.92 Å². The van der Waals surface area contributed by atoms with E-state index in [1.807, 2.05) is 6.92 Å². The van der Waals surface area contributed by atoms with Crippen molar-refractivity contribution in [1.82, 2.24) is 5.43 Å². The van der Waals surface area contributed by atoms with Crippen molar-refractivity contribution >= 4 is 12.1 Å². The monoisotopic (exact) mass is 284 g/mol. The van der Waals surface area contributed by atoms with E-state index in [1.165, 1.54) is 6.21 Å². The molecule has 108 valence electrons. The molecule has 0 heterocycles. The number of nitrogens with one attached hydrogen (secondary N) is 1. The van der Waals surface area contributed by atoms with Crippen LogP contribution in [0.4, 0.5) is 0 Å². The molecule has 0 aliphatic rings. The number of phenols is 1. The van der Waals surface area contributed by atoms with E-state index in [-0.39, 0.29) is 5.75 Å². The molecule has 0 unspecified atom stereocenters. The maximum atomic E-state index is 11.7. The second-order valence-electron chi connectivity index (χ2n) is 4.61. The molecule has 0 spiro atoms. The molecular formula is C16H16N2O3. The molecule has 1 atom stereocenters. The summed E-state index contributed by atoms with van der Waals surface area (Å²) < 4.78 is 0. The molecule has 5 heteroatoms. The van der Waals surface area contributed by atoms with Crippen molar-refractivity contribution < 1.29 is 15.0 Å². The van der Waals surface area contributed by atoms with E-state index >= 15 is 0 Å². The molecule has 3 N–H and O–H groups in total. The van der Waals surface area contributed by atoms with Gasteiger partial charge in [-0.05, 0) is 24.6 Å². The van der Waals surface area contributed by atoms with Gasteiger partial charge < -0.3 is 10.2 Å². The number of hydrogen-bond donors (Lipinski definition) is 3. The van der Waals surface area contributed by atoms with Crippen LogP contribution in [-0.4, -0.2) is 22.3 Å². The molecule has 0 bridgehead atoms. The Balaban J connectivity index is 2.01. The smallest absolute Gasteiger partial charge is 0.273 e. The first-order valence-corrected chi connectivity index (χ1v) is 6.43.